The normalized spacial score (nSPS) is 18.6. The van der Waals surface area contributed by atoms with Gasteiger partial charge >= 0.3 is 0 Å². The minimum atomic E-state index is 0.233. The topological polar surface area (TPSA) is 38.0 Å². The first-order valence-electron chi connectivity index (χ1n) is 5.94. The molecule has 1 aliphatic heterocycles. The lowest BCUT2D eigenvalue weighted by atomic mass is 10.0. The average Bonchev–Trinajstić information content (AvgIpc) is 2.80. The minimum Gasteiger partial charge on any atom is -0.396 e. The summed E-state index contributed by atoms with van der Waals surface area (Å²) in [5.74, 6) is 0.268. The number of thiophene rings is 1. The summed E-state index contributed by atoms with van der Waals surface area (Å²) >= 11 is 1.81. The molecule has 3 heterocycles. The van der Waals surface area contributed by atoms with Crippen LogP contribution in [0.2, 0.25) is 0 Å². The summed E-state index contributed by atoms with van der Waals surface area (Å²) in [7, 11) is 0. The van der Waals surface area contributed by atoms with Gasteiger partial charge in [0.1, 0.15) is 0 Å². The first-order valence-corrected chi connectivity index (χ1v) is 6.76. The van der Waals surface area contributed by atoms with Crippen LogP contribution < -0.4 is 0 Å². The molecule has 3 nitrogen and oxygen atoms in total. The maximum atomic E-state index is 9.53. The van der Waals surface area contributed by atoms with Gasteiger partial charge in [-0.1, -0.05) is 0 Å². The van der Waals surface area contributed by atoms with Crippen molar-refractivity contribution >= 4 is 11.3 Å². The van der Waals surface area contributed by atoms with Gasteiger partial charge < -0.3 is 5.11 Å². The number of fused-ring (bicyclic) bond motifs is 3. The molecule has 0 aromatic carbocycles. The van der Waals surface area contributed by atoms with Gasteiger partial charge in [0.25, 0.3) is 0 Å². The quantitative estimate of drug-likeness (QED) is 0.842. The highest BCUT2D eigenvalue weighted by molar-refractivity contribution is 7.12. The van der Waals surface area contributed by atoms with Crippen molar-refractivity contribution in [3.63, 3.8) is 0 Å². The Bertz CT molecular complexity index is 556. The van der Waals surface area contributed by atoms with E-state index in [1.54, 1.807) is 0 Å². The average molecular weight is 248 g/mol. The Hall–Kier alpha value is -1.13. The van der Waals surface area contributed by atoms with Crippen molar-refractivity contribution in [2.75, 3.05) is 6.61 Å². The Labute approximate surface area is 105 Å². The van der Waals surface area contributed by atoms with Crippen molar-refractivity contribution in [2.45, 2.75) is 32.7 Å². The Kier molecular flexibility index (Phi) is 2.56. The van der Waals surface area contributed by atoms with Gasteiger partial charge in [-0.25, -0.2) is 0 Å². The lowest BCUT2D eigenvalue weighted by molar-refractivity contribution is 0.257. The fraction of sp³-hybridized carbons (Fsp3) is 0.462. The van der Waals surface area contributed by atoms with Crippen molar-refractivity contribution in [2.24, 2.45) is 0 Å². The Morgan fingerprint density at radius 1 is 1.53 bits per heavy atom. The fourth-order valence-corrected chi connectivity index (χ4v) is 3.75. The summed E-state index contributed by atoms with van der Waals surface area (Å²) in [5.41, 5.74) is 3.74. The van der Waals surface area contributed by atoms with Gasteiger partial charge in [0.2, 0.25) is 0 Å². The highest BCUT2D eigenvalue weighted by Crippen LogP contribution is 2.41. The molecule has 17 heavy (non-hydrogen) atoms. The van der Waals surface area contributed by atoms with Crippen LogP contribution in [0.25, 0.3) is 11.3 Å². The van der Waals surface area contributed by atoms with Gasteiger partial charge in [0, 0.05) is 27.8 Å². The highest BCUT2D eigenvalue weighted by Gasteiger charge is 2.25. The zero-order valence-electron chi connectivity index (χ0n) is 10.1. The third kappa shape index (κ3) is 1.63. The Balaban J connectivity index is 2.25. The SMILES string of the molecule is Cc1cc2c(s1)C(CO)CCn1ncc(C)c1-2. The maximum Gasteiger partial charge on any atom is 0.0722 e. The van der Waals surface area contributed by atoms with E-state index in [2.05, 4.69) is 29.7 Å². The van der Waals surface area contributed by atoms with Crippen LogP contribution in [0, 0.1) is 13.8 Å². The molecular weight excluding hydrogens is 232 g/mol. The third-order valence-electron chi connectivity index (χ3n) is 3.44. The summed E-state index contributed by atoms with van der Waals surface area (Å²) in [6.07, 6.45) is 2.91. The third-order valence-corrected chi connectivity index (χ3v) is 4.66. The molecule has 2 aromatic heterocycles. The second-order valence-corrected chi connectivity index (χ2v) is 5.99. The van der Waals surface area contributed by atoms with Gasteiger partial charge in [-0.05, 0) is 31.9 Å². The molecule has 0 aliphatic carbocycles. The van der Waals surface area contributed by atoms with Crippen LogP contribution in [0.4, 0.5) is 0 Å². The molecule has 0 fully saturated rings. The highest BCUT2D eigenvalue weighted by atomic mass is 32.1. The molecule has 1 N–H and O–H groups in total. The van der Waals surface area contributed by atoms with E-state index in [-0.39, 0.29) is 12.5 Å². The molecule has 0 spiro atoms. The molecule has 0 amide bonds. The van der Waals surface area contributed by atoms with E-state index in [0.717, 1.165) is 13.0 Å². The second kappa shape index (κ2) is 3.96. The van der Waals surface area contributed by atoms with E-state index >= 15 is 0 Å². The smallest absolute Gasteiger partial charge is 0.0722 e. The minimum absolute atomic E-state index is 0.233. The number of hydrogen-bond acceptors (Lipinski definition) is 3. The number of aromatic nitrogens is 2. The number of rotatable bonds is 1. The molecule has 3 rings (SSSR count). The largest absolute Gasteiger partial charge is 0.396 e. The summed E-state index contributed by atoms with van der Waals surface area (Å²) in [6, 6.07) is 2.23. The Morgan fingerprint density at radius 3 is 3.12 bits per heavy atom. The molecule has 90 valence electrons. The lowest BCUT2D eigenvalue weighted by Crippen LogP contribution is -2.05. The van der Waals surface area contributed by atoms with Crippen molar-refractivity contribution in [3.05, 3.63) is 27.6 Å². The predicted molar refractivity (Wildman–Crippen MR) is 69.5 cm³/mol. The zero-order valence-corrected chi connectivity index (χ0v) is 10.9. The molecule has 0 radical (unpaired) electrons. The number of nitrogens with zero attached hydrogens (tertiary/aromatic N) is 2. The van der Waals surface area contributed by atoms with Crippen molar-refractivity contribution < 1.29 is 5.11 Å². The molecule has 4 heteroatoms. The van der Waals surface area contributed by atoms with Gasteiger partial charge in [0.15, 0.2) is 0 Å². The molecule has 1 unspecified atom stereocenters. The fourth-order valence-electron chi connectivity index (χ4n) is 2.60. The van der Waals surface area contributed by atoms with Crippen molar-refractivity contribution in [3.8, 4) is 11.3 Å². The molecule has 0 bridgehead atoms. The molecule has 0 saturated heterocycles. The van der Waals surface area contributed by atoms with Crippen LogP contribution in [-0.2, 0) is 6.54 Å². The van der Waals surface area contributed by atoms with Crippen molar-refractivity contribution in [1.29, 1.82) is 0 Å². The number of aryl methyl sites for hydroxylation is 3. The van der Waals surface area contributed by atoms with Gasteiger partial charge in [-0.15, -0.1) is 11.3 Å². The number of aliphatic hydroxyl groups is 1. The molecule has 0 saturated carbocycles. The number of hydrogen-bond donors (Lipinski definition) is 1. The summed E-state index contributed by atoms with van der Waals surface area (Å²) in [5, 5.41) is 14.0. The Morgan fingerprint density at radius 2 is 2.35 bits per heavy atom. The molecule has 1 atom stereocenters. The molecular formula is C13H16N2OS. The zero-order chi connectivity index (χ0) is 12.0. The number of aliphatic hydroxyl groups excluding tert-OH is 1. The molecule has 1 aliphatic rings. The summed E-state index contributed by atoms with van der Waals surface area (Å²) in [6.45, 7) is 5.37. The van der Waals surface area contributed by atoms with Crippen LogP contribution >= 0.6 is 11.3 Å². The van der Waals surface area contributed by atoms with Gasteiger partial charge in [-0.2, -0.15) is 5.10 Å². The summed E-state index contributed by atoms with van der Waals surface area (Å²) < 4.78 is 2.08. The van der Waals surface area contributed by atoms with E-state index in [1.807, 2.05) is 17.5 Å². The van der Waals surface area contributed by atoms with Crippen LogP contribution in [0.1, 0.15) is 27.7 Å². The maximum absolute atomic E-state index is 9.53. The van der Waals surface area contributed by atoms with E-state index in [1.165, 1.54) is 26.6 Å². The van der Waals surface area contributed by atoms with Crippen LogP contribution in [0.3, 0.4) is 0 Å². The van der Waals surface area contributed by atoms with E-state index in [0.29, 0.717) is 0 Å². The van der Waals surface area contributed by atoms with Crippen molar-refractivity contribution in [1.82, 2.24) is 9.78 Å². The van der Waals surface area contributed by atoms with E-state index in [9.17, 15) is 5.11 Å². The van der Waals surface area contributed by atoms with Crippen LogP contribution in [0.15, 0.2) is 12.3 Å². The van der Waals surface area contributed by atoms with E-state index in [4.69, 9.17) is 0 Å². The predicted octanol–water partition coefficient (Wildman–Crippen LogP) is 2.71. The summed E-state index contributed by atoms with van der Waals surface area (Å²) in [4.78, 5) is 2.63. The van der Waals surface area contributed by atoms with Gasteiger partial charge in [-0.3, -0.25) is 4.68 Å². The first-order chi connectivity index (χ1) is 8.20. The van der Waals surface area contributed by atoms with Crippen LogP contribution in [0.5, 0.6) is 0 Å². The van der Waals surface area contributed by atoms with E-state index < -0.39 is 0 Å². The first kappa shape index (κ1) is 11.0. The lowest BCUT2D eigenvalue weighted by Gasteiger charge is -2.10. The second-order valence-electron chi connectivity index (χ2n) is 4.70. The standard InChI is InChI=1S/C13H16N2OS/c1-8-6-14-15-4-3-10(7-16)13-11(12(8)15)5-9(2)17-13/h5-6,10,16H,3-4,7H2,1-2H3. The van der Waals surface area contributed by atoms with Gasteiger partial charge in [0.05, 0.1) is 18.5 Å². The monoisotopic (exact) mass is 248 g/mol. The molecule has 2 aromatic rings. The van der Waals surface area contributed by atoms with Crippen LogP contribution in [-0.4, -0.2) is 21.5 Å².